The molecule has 0 aliphatic heterocycles. The second-order valence-electron chi connectivity index (χ2n) is 7.63. The molecule has 1 fully saturated rings. The maximum Gasteiger partial charge on any atom is 0.280 e. The van der Waals surface area contributed by atoms with Crippen LogP contribution in [-0.4, -0.2) is 33.3 Å². The average Bonchev–Trinajstić information content (AvgIpc) is 3.38. The molecule has 0 spiro atoms. The number of pyridine rings is 1. The zero-order valence-electron chi connectivity index (χ0n) is 17.1. The lowest BCUT2D eigenvalue weighted by atomic mass is 10.3. The van der Waals surface area contributed by atoms with Crippen molar-refractivity contribution in [2.75, 3.05) is 10.0 Å². The van der Waals surface area contributed by atoms with Crippen LogP contribution in [-0.2, 0) is 21.9 Å². The van der Waals surface area contributed by atoms with E-state index in [1.807, 2.05) is 0 Å². The standard InChI is InChI=1S/C21H20N6O4S/c1-26-12-20(22-13-26)32(29,30)25-15-3-2-4-16(9-15)31-17-7-8-19-23-18(11-27(19)10-17)24-21(28)14-5-6-14/h2-4,7-14,25H,5-6H2,1H3,(H,24,28). The third-order valence-corrected chi connectivity index (χ3v) is 6.17. The second-order valence-corrected chi connectivity index (χ2v) is 9.26. The Morgan fingerprint density at radius 1 is 1.12 bits per heavy atom. The number of imidazole rings is 2. The molecule has 4 aromatic rings. The molecule has 1 aliphatic carbocycles. The minimum absolute atomic E-state index is 0.00477. The van der Waals surface area contributed by atoms with E-state index in [0.29, 0.717) is 28.7 Å². The van der Waals surface area contributed by atoms with E-state index in [0.717, 1.165) is 12.8 Å². The number of fused-ring (bicyclic) bond motifs is 1. The molecule has 1 saturated carbocycles. The fraction of sp³-hybridized carbons (Fsp3) is 0.190. The van der Waals surface area contributed by atoms with E-state index in [-0.39, 0.29) is 16.9 Å². The molecule has 164 valence electrons. The van der Waals surface area contributed by atoms with Crippen molar-refractivity contribution in [3.05, 3.63) is 61.3 Å². The highest BCUT2D eigenvalue weighted by Gasteiger charge is 2.30. The minimum atomic E-state index is -3.80. The van der Waals surface area contributed by atoms with Gasteiger partial charge in [-0.15, -0.1) is 0 Å². The van der Waals surface area contributed by atoms with Crippen LogP contribution in [0.5, 0.6) is 11.5 Å². The van der Waals surface area contributed by atoms with Gasteiger partial charge in [-0.2, -0.15) is 8.42 Å². The molecule has 0 bridgehead atoms. The summed E-state index contributed by atoms with van der Waals surface area (Å²) in [4.78, 5) is 20.2. The molecule has 0 radical (unpaired) electrons. The Morgan fingerprint density at radius 3 is 2.72 bits per heavy atom. The van der Waals surface area contributed by atoms with Crippen LogP contribution in [0.1, 0.15) is 12.8 Å². The Labute approximate surface area is 183 Å². The third kappa shape index (κ3) is 4.28. The molecular weight excluding hydrogens is 432 g/mol. The molecule has 1 aliphatic rings. The summed E-state index contributed by atoms with van der Waals surface area (Å²) in [6.45, 7) is 0. The number of nitrogens with one attached hydrogen (secondary N) is 2. The third-order valence-electron chi connectivity index (χ3n) is 4.90. The van der Waals surface area contributed by atoms with Gasteiger partial charge in [0.25, 0.3) is 10.0 Å². The first-order chi connectivity index (χ1) is 15.4. The molecule has 5 rings (SSSR count). The first kappa shape index (κ1) is 20.1. The Kier molecular flexibility index (Phi) is 4.82. The van der Waals surface area contributed by atoms with Gasteiger partial charge in [0.15, 0.2) is 10.8 Å². The van der Waals surface area contributed by atoms with E-state index in [9.17, 15) is 13.2 Å². The van der Waals surface area contributed by atoms with Gasteiger partial charge in [-0.05, 0) is 37.1 Å². The molecule has 1 aromatic carbocycles. The van der Waals surface area contributed by atoms with Gasteiger partial charge >= 0.3 is 0 Å². The lowest BCUT2D eigenvalue weighted by Crippen LogP contribution is -2.13. The number of ether oxygens (including phenoxy) is 1. The quantitative estimate of drug-likeness (QED) is 0.445. The van der Waals surface area contributed by atoms with E-state index in [2.05, 4.69) is 20.0 Å². The summed E-state index contributed by atoms with van der Waals surface area (Å²) in [6, 6.07) is 10.1. The minimum Gasteiger partial charge on any atom is -0.456 e. The van der Waals surface area contributed by atoms with Crippen molar-refractivity contribution < 1.29 is 17.9 Å². The van der Waals surface area contributed by atoms with Crippen LogP contribution in [0.25, 0.3) is 5.65 Å². The molecule has 32 heavy (non-hydrogen) atoms. The number of hydrogen-bond donors (Lipinski definition) is 2. The van der Waals surface area contributed by atoms with Crippen LogP contribution in [0.4, 0.5) is 11.5 Å². The Morgan fingerprint density at radius 2 is 1.97 bits per heavy atom. The van der Waals surface area contributed by atoms with Crippen LogP contribution in [0, 0.1) is 5.92 Å². The number of rotatable bonds is 7. The van der Waals surface area contributed by atoms with E-state index >= 15 is 0 Å². The Hall–Kier alpha value is -3.86. The van der Waals surface area contributed by atoms with Crippen LogP contribution < -0.4 is 14.8 Å². The van der Waals surface area contributed by atoms with Crippen molar-refractivity contribution in [3.8, 4) is 11.5 Å². The average molecular weight is 452 g/mol. The number of aryl methyl sites for hydroxylation is 1. The van der Waals surface area contributed by atoms with Crippen LogP contribution in [0.2, 0.25) is 0 Å². The van der Waals surface area contributed by atoms with Crippen molar-refractivity contribution in [1.82, 2.24) is 18.9 Å². The number of carbonyl (C=O) groups excluding carboxylic acids is 1. The highest BCUT2D eigenvalue weighted by Crippen LogP contribution is 2.30. The molecule has 2 N–H and O–H groups in total. The molecule has 10 nitrogen and oxygen atoms in total. The maximum absolute atomic E-state index is 12.5. The van der Waals surface area contributed by atoms with Gasteiger partial charge in [0.2, 0.25) is 5.91 Å². The predicted molar refractivity (Wildman–Crippen MR) is 117 cm³/mol. The number of carbonyl (C=O) groups is 1. The maximum atomic E-state index is 12.5. The van der Waals surface area contributed by atoms with Gasteiger partial charge in [0.1, 0.15) is 17.1 Å². The van der Waals surface area contributed by atoms with Crippen LogP contribution >= 0.6 is 0 Å². The van der Waals surface area contributed by atoms with E-state index in [1.165, 1.54) is 12.5 Å². The zero-order valence-corrected chi connectivity index (χ0v) is 17.9. The highest BCUT2D eigenvalue weighted by molar-refractivity contribution is 7.92. The predicted octanol–water partition coefficient (Wildman–Crippen LogP) is 3.01. The zero-order chi connectivity index (χ0) is 22.3. The van der Waals surface area contributed by atoms with Crippen molar-refractivity contribution in [3.63, 3.8) is 0 Å². The molecule has 0 saturated heterocycles. The van der Waals surface area contributed by atoms with Gasteiger partial charge in [-0.1, -0.05) is 6.07 Å². The summed E-state index contributed by atoms with van der Waals surface area (Å²) >= 11 is 0. The molecular formula is C21H20N6O4S. The van der Waals surface area contributed by atoms with Gasteiger partial charge in [0, 0.05) is 25.2 Å². The topological polar surface area (TPSA) is 120 Å². The monoisotopic (exact) mass is 452 g/mol. The van der Waals surface area contributed by atoms with Crippen molar-refractivity contribution >= 4 is 33.1 Å². The Bertz CT molecular complexity index is 1420. The van der Waals surface area contributed by atoms with Gasteiger partial charge < -0.3 is 19.0 Å². The van der Waals surface area contributed by atoms with Crippen LogP contribution in [0.3, 0.4) is 0 Å². The van der Waals surface area contributed by atoms with E-state index in [1.54, 1.807) is 64.8 Å². The number of benzene rings is 1. The van der Waals surface area contributed by atoms with E-state index < -0.39 is 10.0 Å². The first-order valence-electron chi connectivity index (χ1n) is 9.94. The normalized spacial score (nSPS) is 13.8. The number of amides is 1. The summed E-state index contributed by atoms with van der Waals surface area (Å²) in [5.74, 6) is 1.56. The number of sulfonamides is 1. The molecule has 3 heterocycles. The van der Waals surface area contributed by atoms with Gasteiger partial charge in [-0.25, -0.2) is 9.97 Å². The van der Waals surface area contributed by atoms with Crippen molar-refractivity contribution in [1.29, 1.82) is 0 Å². The number of nitrogens with zero attached hydrogens (tertiary/aromatic N) is 4. The van der Waals surface area contributed by atoms with Crippen molar-refractivity contribution in [2.45, 2.75) is 17.9 Å². The van der Waals surface area contributed by atoms with Gasteiger partial charge in [-0.3, -0.25) is 9.52 Å². The SMILES string of the molecule is Cn1cnc(S(=O)(=O)Nc2cccc(Oc3ccc4nc(NC(=O)C5CC5)cn4c3)c2)c1. The lowest BCUT2D eigenvalue weighted by molar-refractivity contribution is -0.117. The summed E-state index contributed by atoms with van der Waals surface area (Å²) in [6.07, 6.45) is 8.15. The molecule has 3 aromatic heterocycles. The first-order valence-corrected chi connectivity index (χ1v) is 11.4. The van der Waals surface area contributed by atoms with Crippen molar-refractivity contribution in [2.24, 2.45) is 13.0 Å². The van der Waals surface area contributed by atoms with Crippen LogP contribution in [0.15, 0.2) is 66.3 Å². The smallest absolute Gasteiger partial charge is 0.280 e. The summed E-state index contributed by atoms with van der Waals surface area (Å²) in [5.41, 5.74) is 1.02. The molecule has 1 amide bonds. The molecule has 0 unspecified atom stereocenters. The largest absolute Gasteiger partial charge is 0.456 e. The highest BCUT2D eigenvalue weighted by atomic mass is 32.2. The number of hydrogen-bond acceptors (Lipinski definition) is 6. The fourth-order valence-electron chi connectivity index (χ4n) is 3.16. The lowest BCUT2D eigenvalue weighted by Gasteiger charge is -2.09. The second kappa shape index (κ2) is 7.68. The van der Waals surface area contributed by atoms with E-state index in [4.69, 9.17) is 4.74 Å². The summed E-state index contributed by atoms with van der Waals surface area (Å²) in [7, 11) is -2.11. The number of anilines is 2. The summed E-state index contributed by atoms with van der Waals surface area (Å²) < 4.78 is 36.7. The number of aromatic nitrogens is 4. The molecule has 11 heteroatoms. The Balaban J connectivity index is 1.32. The summed E-state index contributed by atoms with van der Waals surface area (Å²) in [5, 5.41) is 2.76. The molecule has 0 atom stereocenters. The van der Waals surface area contributed by atoms with Gasteiger partial charge in [0.05, 0.1) is 24.4 Å². The fourth-order valence-corrected chi connectivity index (χ4v) is 4.19.